The Balaban J connectivity index is 1.28. The molecule has 1 heterocycles. The largest absolute Gasteiger partial charge is 0.469 e. The maximum Gasteiger partial charge on any atom is 0.308 e. The number of aryl methyl sites for hydroxylation is 2. The molecule has 1 aromatic heterocycles. The first-order valence-electron chi connectivity index (χ1n) is 12.0. The molecule has 0 bridgehead atoms. The van der Waals surface area contributed by atoms with Crippen LogP contribution < -0.4 is 5.32 Å². The van der Waals surface area contributed by atoms with E-state index in [9.17, 15) is 14.4 Å². The van der Waals surface area contributed by atoms with E-state index in [1.807, 2.05) is 68.4 Å². The fourth-order valence-corrected chi connectivity index (χ4v) is 6.87. The molecule has 1 amide bonds. The molecule has 3 aromatic rings. The van der Waals surface area contributed by atoms with Gasteiger partial charge in [-0.1, -0.05) is 54.6 Å². The summed E-state index contributed by atoms with van der Waals surface area (Å²) in [6.07, 6.45) is 3.42. The number of nitrogens with one attached hydrogen (secondary N) is 1. The molecule has 0 aliphatic heterocycles. The van der Waals surface area contributed by atoms with Gasteiger partial charge in [-0.05, 0) is 56.1 Å². The molecule has 2 aromatic carbocycles. The van der Waals surface area contributed by atoms with E-state index in [4.69, 9.17) is 4.74 Å². The molecule has 5 nitrogen and oxygen atoms in total. The molecule has 1 spiro atoms. The first-order chi connectivity index (χ1) is 16.8. The van der Waals surface area contributed by atoms with Gasteiger partial charge < -0.3 is 10.1 Å². The summed E-state index contributed by atoms with van der Waals surface area (Å²) in [6, 6.07) is 17.7. The van der Waals surface area contributed by atoms with E-state index >= 15 is 0 Å². The molecule has 1 N–H and O–H groups in total. The van der Waals surface area contributed by atoms with Crippen molar-refractivity contribution >= 4 is 29.0 Å². The van der Waals surface area contributed by atoms with Gasteiger partial charge in [-0.25, -0.2) is 0 Å². The van der Waals surface area contributed by atoms with Crippen LogP contribution in [0.15, 0.2) is 54.6 Å². The van der Waals surface area contributed by atoms with Crippen molar-refractivity contribution in [1.82, 2.24) is 5.32 Å². The number of ether oxygens (including phenoxy) is 1. The van der Waals surface area contributed by atoms with Crippen molar-refractivity contribution in [2.45, 2.75) is 45.6 Å². The van der Waals surface area contributed by atoms with Crippen LogP contribution in [0.4, 0.5) is 0 Å². The molecule has 0 unspecified atom stereocenters. The monoisotopic (exact) mass is 487 g/mol. The summed E-state index contributed by atoms with van der Waals surface area (Å²) in [7, 11) is 1.43. The molecule has 180 valence electrons. The van der Waals surface area contributed by atoms with E-state index in [1.54, 1.807) is 0 Å². The predicted octanol–water partition coefficient (Wildman–Crippen LogP) is 5.72. The number of thiophene rings is 1. The van der Waals surface area contributed by atoms with Gasteiger partial charge in [0.1, 0.15) is 0 Å². The minimum Gasteiger partial charge on any atom is -0.469 e. The first kappa shape index (κ1) is 23.5. The van der Waals surface area contributed by atoms with Crippen molar-refractivity contribution in [3.63, 3.8) is 0 Å². The zero-order chi connectivity index (χ0) is 24.7. The minimum atomic E-state index is -0.181. The van der Waals surface area contributed by atoms with Gasteiger partial charge in [-0.3, -0.25) is 14.4 Å². The zero-order valence-electron chi connectivity index (χ0n) is 20.2. The Labute approximate surface area is 209 Å². The number of hydrogen-bond donors (Lipinski definition) is 1. The molecular weight excluding hydrogens is 458 g/mol. The van der Waals surface area contributed by atoms with Gasteiger partial charge >= 0.3 is 5.97 Å². The normalized spacial score (nSPS) is 22.7. The van der Waals surface area contributed by atoms with Crippen LogP contribution in [-0.2, 0) is 9.53 Å². The van der Waals surface area contributed by atoms with Crippen molar-refractivity contribution in [3.05, 3.63) is 81.0 Å². The van der Waals surface area contributed by atoms with Crippen LogP contribution in [0.2, 0.25) is 0 Å². The quantitative estimate of drug-likeness (QED) is 0.356. The number of carbonyl (C=O) groups excluding carboxylic acids is 3. The van der Waals surface area contributed by atoms with E-state index in [0.717, 1.165) is 46.6 Å². The summed E-state index contributed by atoms with van der Waals surface area (Å²) in [5, 5.41) is 3.14. The summed E-state index contributed by atoms with van der Waals surface area (Å²) >= 11 is 1.49. The Kier molecular flexibility index (Phi) is 6.09. The smallest absolute Gasteiger partial charge is 0.308 e. The second kappa shape index (κ2) is 9.08. The van der Waals surface area contributed by atoms with Crippen molar-refractivity contribution < 1.29 is 19.1 Å². The van der Waals surface area contributed by atoms with Gasteiger partial charge in [-0.2, -0.15) is 0 Å². The summed E-state index contributed by atoms with van der Waals surface area (Å²) in [5.41, 5.74) is 3.87. The second-order valence-electron chi connectivity index (χ2n) is 9.94. The first-order valence-corrected chi connectivity index (χ1v) is 12.8. The number of carbonyl (C=O) groups is 3. The van der Waals surface area contributed by atoms with Gasteiger partial charge in [0.2, 0.25) is 0 Å². The summed E-state index contributed by atoms with van der Waals surface area (Å²) in [6.45, 7) is 3.80. The Morgan fingerprint density at radius 1 is 0.857 bits per heavy atom. The SMILES string of the molecule is COC(=O)C1CC2(CC(NC(=O)c3c(C)sc(C)c3C(=O)c3ccc(-c4ccccc4)cc3)C2)C1. The molecule has 2 fully saturated rings. The van der Waals surface area contributed by atoms with Crippen LogP contribution >= 0.6 is 11.3 Å². The Morgan fingerprint density at radius 3 is 2.09 bits per heavy atom. The van der Waals surface area contributed by atoms with E-state index < -0.39 is 0 Å². The average Bonchev–Trinajstić information content (AvgIpc) is 3.12. The highest BCUT2D eigenvalue weighted by Crippen LogP contribution is 2.59. The lowest BCUT2D eigenvalue weighted by Gasteiger charge is -2.56. The second-order valence-corrected chi connectivity index (χ2v) is 11.4. The number of methoxy groups -OCH3 is 1. The van der Waals surface area contributed by atoms with Gasteiger partial charge in [0.05, 0.1) is 18.6 Å². The summed E-state index contributed by atoms with van der Waals surface area (Å²) in [5.74, 6) is -0.440. The molecule has 2 saturated carbocycles. The van der Waals surface area contributed by atoms with Gasteiger partial charge in [0, 0.05) is 26.9 Å². The molecule has 35 heavy (non-hydrogen) atoms. The molecule has 2 aliphatic rings. The third kappa shape index (κ3) is 4.31. The lowest BCUT2D eigenvalue weighted by atomic mass is 9.50. The number of rotatable bonds is 6. The van der Waals surface area contributed by atoms with Crippen LogP contribution in [0.25, 0.3) is 11.1 Å². The lowest BCUT2D eigenvalue weighted by Crippen LogP contribution is -2.57. The molecule has 5 rings (SSSR count). The van der Waals surface area contributed by atoms with Crippen LogP contribution in [0.5, 0.6) is 0 Å². The minimum absolute atomic E-state index is 0.00378. The predicted molar refractivity (Wildman–Crippen MR) is 137 cm³/mol. The molecule has 2 aliphatic carbocycles. The summed E-state index contributed by atoms with van der Waals surface area (Å²) < 4.78 is 4.84. The maximum absolute atomic E-state index is 13.5. The van der Waals surface area contributed by atoms with Crippen LogP contribution in [0.3, 0.4) is 0 Å². The summed E-state index contributed by atoms with van der Waals surface area (Å²) in [4.78, 5) is 40.2. The fraction of sp³-hybridized carbons (Fsp3) is 0.345. The number of ketones is 1. The van der Waals surface area contributed by atoms with Crippen molar-refractivity contribution in [1.29, 1.82) is 0 Å². The number of benzene rings is 2. The van der Waals surface area contributed by atoms with E-state index in [-0.39, 0.29) is 35.0 Å². The highest BCUT2D eigenvalue weighted by Gasteiger charge is 2.55. The molecule has 0 saturated heterocycles. The molecule has 0 atom stereocenters. The number of esters is 1. The van der Waals surface area contributed by atoms with Gasteiger partial charge in [-0.15, -0.1) is 11.3 Å². The van der Waals surface area contributed by atoms with Gasteiger partial charge in [0.15, 0.2) is 5.78 Å². The highest BCUT2D eigenvalue weighted by atomic mass is 32.1. The zero-order valence-corrected chi connectivity index (χ0v) is 21.0. The van der Waals surface area contributed by atoms with Crippen molar-refractivity contribution in [2.75, 3.05) is 7.11 Å². The van der Waals surface area contributed by atoms with Crippen LogP contribution in [-0.4, -0.2) is 30.8 Å². The van der Waals surface area contributed by atoms with E-state index in [2.05, 4.69) is 5.32 Å². The van der Waals surface area contributed by atoms with Crippen LogP contribution in [0, 0.1) is 25.2 Å². The Hall–Kier alpha value is -3.25. The third-order valence-electron chi connectivity index (χ3n) is 7.56. The number of amides is 1. The van der Waals surface area contributed by atoms with Crippen molar-refractivity contribution in [3.8, 4) is 11.1 Å². The fourth-order valence-electron chi connectivity index (χ4n) is 5.82. The Bertz CT molecular complexity index is 1280. The topological polar surface area (TPSA) is 72.5 Å². The van der Waals surface area contributed by atoms with Crippen LogP contribution in [0.1, 0.15) is 61.7 Å². The molecule has 6 heteroatoms. The maximum atomic E-state index is 13.5. The average molecular weight is 488 g/mol. The molecule has 0 radical (unpaired) electrons. The number of hydrogen-bond acceptors (Lipinski definition) is 5. The highest BCUT2D eigenvalue weighted by molar-refractivity contribution is 7.12. The van der Waals surface area contributed by atoms with Gasteiger partial charge in [0.25, 0.3) is 5.91 Å². The van der Waals surface area contributed by atoms with Crippen molar-refractivity contribution in [2.24, 2.45) is 11.3 Å². The lowest BCUT2D eigenvalue weighted by molar-refractivity contribution is -0.159. The third-order valence-corrected chi connectivity index (χ3v) is 8.58. The van der Waals surface area contributed by atoms with E-state index in [0.29, 0.717) is 16.7 Å². The Morgan fingerprint density at radius 2 is 1.46 bits per heavy atom. The van der Waals surface area contributed by atoms with E-state index in [1.165, 1.54) is 18.4 Å². The molecular formula is C29H29NO4S. The standard InChI is InChI=1S/C29H29NO4S/c1-17-24(26(31)21-11-9-20(10-12-21)19-7-5-4-6-8-19)25(18(2)35-17)27(32)30-23-15-29(16-23)13-22(14-29)28(33)34-3/h4-12,22-23H,13-16H2,1-3H3,(H,30,32).